The van der Waals surface area contributed by atoms with Gasteiger partial charge in [0.25, 0.3) is 0 Å². The predicted octanol–water partition coefficient (Wildman–Crippen LogP) is 3.20. The average Bonchev–Trinajstić information content (AvgIpc) is 2.74. The van der Waals surface area contributed by atoms with E-state index in [4.69, 9.17) is 23.1 Å². The molecule has 3 atom stereocenters. The number of aromatic amines is 1. The molecule has 0 saturated heterocycles. The molecule has 1 aromatic carbocycles. The highest BCUT2D eigenvalue weighted by Gasteiger charge is 2.28. The van der Waals surface area contributed by atoms with Crippen molar-refractivity contribution >= 4 is 22.5 Å². The number of halogens is 2. The fourth-order valence-corrected chi connectivity index (χ4v) is 3.84. The second kappa shape index (κ2) is 5.81. The van der Waals surface area contributed by atoms with E-state index in [1.807, 2.05) is 6.92 Å². The van der Waals surface area contributed by atoms with Gasteiger partial charge in [0.15, 0.2) is 0 Å². The summed E-state index contributed by atoms with van der Waals surface area (Å²) in [6.07, 6.45) is 2.34. The lowest BCUT2D eigenvalue weighted by atomic mass is 9.80. The Morgan fingerprint density at radius 2 is 2.18 bits per heavy atom. The zero-order chi connectivity index (χ0) is 16.0. The van der Waals surface area contributed by atoms with Gasteiger partial charge in [0.2, 0.25) is 0 Å². The molecule has 1 saturated carbocycles. The lowest BCUT2D eigenvalue weighted by molar-refractivity contribution is 0.187. The molecule has 0 spiro atoms. The molecular weight excluding hydrogens is 305 g/mol. The summed E-state index contributed by atoms with van der Waals surface area (Å²) in [7, 11) is 0. The number of aliphatic hydroxyl groups is 1. The lowest BCUT2D eigenvalue weighted by Gasteiger charge is -2.28. The molecule has 0 bridgehead atoms. The van der Waals surface area contributed by atoms with Gasteiger partial charge in [-0.1, -0.05) is 18.0 Å². The lowest BCUT2D eigenvalue weighted by Crippen LogP contribution is -2.27. The van der Waals surface area contributed by atoms with Crippen molar-refractivity contribution in [1.82, 2.24) is 4.98 Å². The van der Waals surface area contributed by atoms with E-state index in [9.17, 15) is 9.50 Å². The molecule has 120 valence electrons. The van der Waals surface area contributed by atoms with Crippen LogP contribution in [0.5, 0.6) is 0 Å². The summed E-state index contributed by atoms with van der Waals surface area (Å²) in [6, 6.07) is 1.40. The summed E-state index contributed by atoms with van der Waals surface area (Å²) in [4.78, 5) is 3.12. The molecule has 3 unspecified atom stereocenters. The fourth-order valence-electron chi connectivity index (χ4n) is 3.60. The van der Waals surface area contributed by atoms with E-state index in [-0.39, 0.29) is 17.8 Å². The molecule has 1 fully saturated rings. The summed E-state index contributed by atoms with van der Waals surface area (Å²) in [5.41, 5.74) is 13.9. The van der Waals surface area contributed by atoms with Crippen LogP contribution in [0.3, 0.4) is 0 Å². The number of hydrogen-bond acceptors (Lipinski definition) is 3. The van der Waals surface area contributed by atoms with Crippen LogP contribution in [-0.2, 0) is 0 Å². The van der Waals surface area contributed by atoms with E-state index in [0.717, 1.165) is 31.4 Å². The highest BCUT2D eigenvalue weighted by Crippen LogP contribution is 2.42. The zero-order valence-electron chi connectivity index (χ0n) is 12.5. The number of hydrogen-bond donors (Lipinski definition) is 4. The molecule has 2 aromatic rings. The Hall–Kier alpha value is -1.14. The van der Waals surface area contributed by atoms with Crippen LogP contribution in [0.25, 0.3) is 10.9 Å². The molecule has 22 heavy (non-hydrogen) atoms. The van der Waals surface area contributed by atoms with Gasteiger partial charge in [0.1, 0.15) is 12.0 Å². The summed E-state index contributed by atoms with van der Waals surface area (Å²) in [6.45, 7) is 1.82. The van der Waals surface area contributed by atoms with Crippen LogP contribution >= 0.6 is 11.6 Å². The molecule has 6 heteroatoms. The predicted molar refractivity (Wildman–Crippen MR) is 86.3 cm³/mol. The molecule has 4 nitrogen and oxygen atoms in total. The number of aromatic nitrogens is 1. The van der Waals surface area contributed by atoms with Crippen molar-refractivity contribution in [3.8, 4) is 0 Å². The second-order valence-corrected chi connectivity index (χ2v) is 6.62. The molecule has 1 heterocycles. The zero-order valence-corrected chi connectivity index (χ0v) is 13.3. The van der Waals surface area contributed by atoms with Crippen molar-refractivity contribution in [1.29, 1.82) is 0 Å². The van der Waals surface area contributed by atoms with Gasteiger partial charge in [-0.25, -0.2) is 4.39 Å². The first-order valence-electron chi connectivity index (χ1n) is 7.59. The van der Waals surface area contributed by atoms with Crippen molar-refractivity contribution in [3.05, 3.63) is 33.7 Å². The molecule has 1 aliphatic rings. The smallest absolute Gasteiger partial charge is 0.130 e. The SMILES string of the molecule is Cc1[nH]c2c(C(N)O)cc(F)c(C3CCCC(N)C3)c2c1Cl. The second-order valence-electron chi connectivity index (χ2n) is 6.24. The van der Waals surface area contributed by atoms with Crippen LogP contribution in [-0.4, -0.2) is 16.1 Å². The highest BCUT2D eigenvalue weighted by atomic mass is 35.5. The quantitative estimate of drug-likeness (QED) is 0.639. The third-order valence-electron chi connectivity index (χ3n) is 4.65. The standard InChI is InChI=1S/C16H21ClFN3O/c1-7-14(17)13-12(8-3-2-4-9(19)5-8)11(18)6-10(16(20)22)15(13)21-7/h6,8-9,16,21-22H,2-5,19-20H2,1H3. The van der Waals surface area contributed by atoms with Gasteiger partial charge in [-0.3, -0.25) is 0 Å². The largest absolute Gasteiger partial charge is 0.374 e. The fraction of sp³-hybridized carbons (Fsp3) is 0.500. The number of fused-ring (bicyclic) bond motifs is 1. The van der Waals surface area contributed by atoms with E-state index in [0.29, 0.717) is 27.1 Å². The van der Waals surface area contributed by atoms with Crippen molar-refractivity contribution in [3.63, 3.8) is 0 Å². The van der Waals surface area contributed by atoms with Crippen molar-refractivity contribution < 1.29 is 9.50 Å². The maximum Gasteiger partial charge on any atom is 0.130 e. The topological polar surface area (TPSA) is 88.1 Å². The van der Waals surface area contributed by atoms with Crippen LogP contribution in [0, 0.1) is 12.7 Å². The van der Waals surface area contributed by atoms with Gasteiger partial charge in [0.05, 0.1) is 10.5 Å². The number of aryl methyl sites for hydroxylation is 1. The molecule has 1 aliphatic carbocycles. The third kappa shape index (κ3) is 2.52. The molecular formula is C16H21ClFN3O. The van der Waals surface area contributed by atoms with Crippen LogP contribution < -0.4 is 11.5 Å². The molecule has 0 radical (unpaired) electrons. The van der Waals surface area contributed by atoms with Gasteiger partial charge in [-0.15, -0.1) is 0 Å². The van der Waals surface area contributed by atoms with Crippen molar-refractivity contribution in [2.75, 3.05) is 0 Å². The van der Waals surface area contributed by atoms with E-state index >= 15 is 0 Å². The Morgan fingerprint density at radius 1 is 1.45 bits per heavy atom. The number of nitrogens with one attached hydrogen (secondary N) is 1. The maximum atomic E-state index is 14.8. The first kappa shape index (κ1) is 15.7. The van der Waals surface area contributed by atoms with Crippen LogP contribution in [0.15, 0.2) is 6.07 Å². The number of nitrogens with two attached hydrogens (primary N) is 2. The minimum absolute atomic E-state index is 0.0444. The average molecular weight is 326 g/mol. The first-order chi connectivity index (χ1) is 10.4. The minimum Gasteiger partial charge on any atom is -0.374 e. The molecule has 1 aromatic heterocycles. The van der Waals surface area contributed by atoms with Crippen molar-refractivity contribution in [2.24, 2.45) is 11.5 Å². The molecule has 3 rings (SSSR count). The number of aliphatic hydroxyl groups excluding tert-OH is 1. The van der Waals surface area contributed by atoms with Gasteiger partial charge in [-0.2, -0.15) is 0 Å². The van der Waals surface area contributed by atoms with Gasteiger partial charge < -0.3 is 21.6 Å². The van der Waals surface area contributed by atoms with Gasteiger partial charge in [-0.05, 0) is 38.2 Å². The molecule has 6 N–H and O–H groups in total. The van der Waals surface area contributed by atoms with E-state index in [1.165, 1.54) is 6.07 Å². The monoisotopic (exact) mass is 325 g/mol. The van der Waals surface area contributed by atoms with Gasteiger partial charge >= 0.3 is 0 Å². The van der Waals surface area contributed by atoms with Crippen LogP contribution in [0.1, 0.15) is 54.6 Å². The molecule has 0 aliphatic heterocycles. The van der Waals surface area contributed by atoms with E-state index in [2.05, 4.69) is 4.98 Å². The van der Waals surface area contributed by atoms with Crippen LogP contribution in [0.2, 0.25) is 5.02 Å². The summed E-state index contributed by atoms with van der Waals surface area (Å²) in [5, 5.41) is 10.8. The first-order valence-corrected chi connectivity index (χ1v) is 7.97. The van der Waals surface area contributed by atoms with Crippen molar-refractivity contribution in [2.45, 2.75) is 50.8 Å². The molecule has 0 amide bonds. The Labute approximate surface area is 133 Å². The van der Waals surface area contributed by atoms with E-state index < -0.39 is 6.23 Å². The van der Waals surface area contributed by atoms with Crippen LogP contribution in [0.4, 0.5) is 4.39 Å². The Morgan fingerprint density at radius 3 is 2.82 bits per heavy atom. The number of H-pyrrole nitrogens is 1. The third-order valence-corrected chi connectivity index (χ3v) is 5.12. The Balaban J connectivity index is 2.25. The minimum atomic E-state index is -1.26. The van der Waals surface area contributed by atoms with E-state index in [1.54, 1.807) is 0 Å². The number of benzene rings is 1. The number of rotatable bonds is 2. The summed E-state index contributed by atoms with van der Waals surface area (Å²) < 4.78 is 14.8. The van der Waals surface area contributed by atoms with Gasteiger partial charge in [0, 0.05) is 28.2 Å². The summed E-state index contributed by atoms with van der Waals surface area (Å²) >= 11 is 6.40. The maximum absolute atomic E-state index is 14.8. The normalized spacial score (nSPS) is 23.9. The summed E-state index contributed by atoms with van der Waals surface area (Å²) in [5.74, 6) is -0.324. The Kier molecular flexibility index (Phi) is 4.16. The highest BCUT2D eigenvalue weighted by molar-refractivity contribution is 6.36. The Bertz CT molecular complexity index is 713.